The lowest BCUT2D eigenvalue weighted by Crippen LogP contribution is -2.25. The Morgan fingerprint density at radius 3 is 2.57 bits per heavy atom. The molecule has 6 nitrogen and oxygen atoms in total. The molecule has 0 aliphatic heterocycles. The lowest BCUT2D eigenvalue weighted by atomic mass is 10.1. The van der Waals surface area contributed by atoms with Crippen molar-refractivity contribution >= 4 is 34.3 Å². The number of benzene rings is 2. The van der Waals surface area contributed by atoms with Gasteiger partial charge in [-0.3, -0.25) is 14.2 Å². The van der Waals surface area contributed by atoms with Gasteiger partial charge in [-0.25, -0.2) is 4.98 Å². The summed E-state index contributed by atoms with van der Waals surface area (Å²) >= 11 is 1.22. The van der Waals surface area contributed by atoms with Crippen LogP contribution in [0.3, 0.4) is 0 Å². The maximum Gasteiger partial charge on any atom is 0.262 e. The molecule has 0 aliphatic rings. The molecule has 2 aromatic carbocycles. The predicted octanol–water partition coefficient (Wildman–Crippen LogP) is 3.13. The summed E-state index contributed by atoms with van der Waals surface area (Å²) in [6.45, 7) is 4.24. The number of aryl methyl sites for hydroxylation is 2. The molecule has 0 radical (unpaired) electrons. The maximum atomic E-state index is 12.8. The van der Waals surface area contributed by atoms with Crippen LogP contribution in [0, 0.1) is 13.8 Å². The van der Waals surface area contributed by atoms with E-state index in [4.69, 9.17) is 5.11 Å². The highest BCUT2D eigenvalue weighted by molar-refractivity contribution is 7.99. The number of aliphatic hydroxyl groups is 1. The highest BCUT2D eigenvalue weighted by Gasteiger charge is 2.14. The average Bonchev–Trinajstić information content (AvgIpc) is 2.69. The molecule has 0 bridgehead atoms. The van der Waals surface area contributed by atoms with Crippen molar-refractivity contribution in [3.8, 4) is 0 Å². The molecule has 1 heterocycles. The van der Waals surface area contributed by atoms with Crippen LogP contribution >= 0.6 is 11.8 Å². The first-order valence-electron chi connectivity index (χ1n) is 9.10. The van der Waals surface area contributed by atoms with E-state index in [1.54, 1.807) is 18.2 Å². The molecule has 7 heteroatoms. The summed E-state index contributed by atoms with van der Waals surface area (Å²) in [4.78, 5) is 29.9. The standard InChI is InChI=1S/C21H23N3O3S/c1-14-7-5-8-15(2)19(14)23-18(26)13-28-21-22-17-10-4-3-9-16(17)20(27)24(21)11-6-12-25/h3-5,7-10,25H,6,11-13H2,1-2H3,(H,23,26). The lowest BCUT2D eigenvalue weighted by molar-refractivity contribution is -0.113. The van der Waals surface area contributed by atoms with Crippen LogP contribution in [0.4, 0.5) is 5.69 Å². The van der Waals surface area contributed by atoms with E-state index in [1.807, 2.05) is 38.1 Å². The number of aliphatic hydroxyl groups excluding tert-OH is 1. The minimum absolute atomic E-state index is 0.0174. The number of nitrogens with zero attached hydrogens (tertiary/aromatic N) is 2. The molecule has 28 heavy (non-hydrogen) atoms. The molecule has 0 fully saturated rings. The van der Waals surface area contributed by atoms with E-state index in [2.05, 4.69) is 10.3 Å². The summed E-state index contributed by atoms with van der Waals surface area (Å²) in [5, 5.41) is 13.1. The number of anilines is 1. The second kappa shape index (κ2) is 9.03. The summed E-state index contributed by atoms with van der Waals surface area (Å²) in [6.07, 6.45) is 0.447. The Morgan fingerprint density at radius 2 is 1.86 bits per heavy atom. The minimum atomic E-state index is -0.156. The summed E-state index contributed by atoms with van der Waals surface area (Å²) < 4.78 is 1.54. The molecule has 1 aromatic heterocycles. The molecule has 0 unspecified atom stereocenters. The number of aromatic nitrogens is 2. The van der Waals surface area contributed by atoms with Crippen LogP contribution < -0.4 is 10.9 Å². The van der Waals surface area contributed by atoms with E-state index in [9.17, 15) is 9.59 Å². The number of amides is 1. The van der Waals surface area contributed by atoms with Crippen molar-refractivity contribution in [2.75, 3.05) is 17.7 Å². The number of hydrogen-bond donors (Lipinski definition) is 2. The molecule has 0 aliphatic carbocycles. The van der Waals surface area contributed by atoms with Gasteiger partial charge in [0.2, 0.25) is 5.91 Å². The molecule has 1 amide bonds. The monoisotopic (exact) mass is 397 g/mol. The number of carbonyl (C=O) groups excluding carboxylic acids is 1. The van der Waals surface area contributed by atoms with Gasteiger partial charge < -0.3 is 10.4 Å². The third-order valence-electron chi connectivity index (χ3n) is 4.44. The van der Waals surface area contributed by atoms with Gasteiger partial charge in [0.05, 0.1) is 16.7 Å². The molecule has 3 rings (SSSR count). The van der Waals surface area contributed by atoms with Crippen molar-refractivity contribution in [3.05, 3.63) is 63.9 Å². The Hall–Kier alpha value is -2.64. The van der Waals surface area contributed by atoms with Gasteiger partial charge in [-0.1, -0.05) is 42.1 Å². The SMILES string of the molecule is Cc1cccc(C)c1NC(=O)CSc1nc2ccccc2c(=O)n1CCCO. The first-order valence-corrected chi connectivity index (χ1v) is 10.1. The van der Waals surface area contributed by atoms with Gasteiger partial charge in [-0.05, 0) is 43.5 Å². The zero-order chi connectivity index (χ0) is 20.1. The van der Waals surface area contributed by atoms with Gasteiger partial charge in [-0.15, -0.1) is 0 Å². The number of nitrogens with one attached hydrogen (secondary N) is 1. The van der Waals surface area contributed by atoms with Crippen LogP contribution in [0.15, 0.2) is 52.4 Å². The summed E-state index contributed by atoms with van der Waals surface area (Å²) in [5.74, 6) is -0.0176. The van der Waals surface area contributed by atoms with E-state index in [0.29, 0.717) is 29.0 Å². The van der Waals surface area contributed by atoms with Crippen LogP contribution in [-0.2, 0) is 11.3 Å². The van der Waals surface area contributed by atoms with Crippen molar-refractivity contribution in [2.24, 2.45) is 0 Å². The fourth-order valence-corrected chi connectivity index (χ4v) is 3.83. The topological polar surface area (TPSA) is 84.2 Å². The van der Waals surface area contributed by atoms with Gasteiger partial charge in [0.1, 0.15) is 0 Å². The summed E-state index contributed by atoms with van der Waals surface area (Å²) in [7, 11) is 0. The average molecular weight is 398 g/mol. The predicted molar refractivity (Wildman–Crippen MR) is 113 cm³/mol. The first kappa shape index (κ1) is 20.1. The number of thioether (sulfide) groups is 1. The van der Waals surface area contributed by atoms with Crippen LogP contribution in [0.1, 0.15) is 17.5 Å². The molecular formula is C21H23N3O3S. The van der Waals surface area contributed by atoms with Gasteiger partial charge in [0, 0.05) is 18.8 Å². The van der Waals surface area contributed by atoms with Crippen molar-refractivity contribution in [1.82, 2.24) is 9.55 Å². The first-order chi connectivity index (χ1) is 13.5. The highest BCUT2D eigenvalue weighted by atomic mass is 32.2. The molecule has 0 saturated carbocycles. The van der Waals surface area contributed by atoms with E-state index in [-0.39, 0.29) is 23.8 Å². The summed E-state index contributed by atoms with van der Waals surface area (Å²) in [6, 6.07) is 13.0. The smallest absolute Gasteiger partial charge is 0.262 e. The molecule has 146 valence electrons. The van der Waals surface area contributed by atoms with Crippen molar-refractivity contribution < 1.29 is 9.90 Å². The van der Waals surface area contributed by atoms with Crippen LogP contribution in [0.25, 0.3) is 10.9 Å². The van der Waals surface area contributed by atoms with Gasteiger partial charge in [-0.2, -0.15) is 0 Å². The molecule has 3 aromatic rings. The second-order valence-electron chi connectivity index (χ2n) is 6.55. The Morgan fingerprint density at radius 1 is 1.14 bits per heavy atom. The van der Waals surface area contributed by atoms with Crippen molar-refractivity contribution in [3.63, 3.8) is 0 Å². The van der Waals surface area contributed by atoms with E-state index in [0.717, 1.165) is 16.8 Å². The molecule has 2 N–H and O–H groups in total. The number of hydrogen-bond acceptors (Lipinski definition) is 5. The van der Waals surface area contributed by atoms with Gasteiger partial charge in [0.25, 0.3) is 5.56 Å². The second-order valence-corrected chi connectivity index (χ2v) is 7.49. The lowest BCUT2D eigenvalue weighted by Gasteiger charge is -2.14. The normalized spacial score (nSPS) is 11.0. The zero-order valence-corrected chi connectivity index (χ0v) is 16.8. The van der Waals surface area contributed by atoms with Crippen molar-refractivity contribution in [2.45, 2.75) is 32.0 Å². The Labute approximate surface area is 167 Å². The fraction of sp³-hybridized carbons (Fsp3) is 0.286. The van der Waals surface area contributed by atoms with Crippen LogP contribution in [-0.4, -0.2) is 32.9 Å². The molecule has 0 atom stereocenters. The molecule has 0 saturated heterocycles. The van der Waals surface area contributed by atoms with E-state index >= 15 is 0 Å². The number of fused-ring (bicyclic) bond motifs is 1. The largest absolute Gasteiger partial charge is 0.396 e. The Balaban J connectivity index is 1.83. The highest BCUT2D eigenvalue weighted by Crippen LogP contribution is 2.22. The summed E-state index contributed by atoms with van der Waals surface area (Å²) in [5.41, 5.74) is 3.27. The van der Waals surface area contributed by atoms with Crippen LogP contribution in [0.5, 0.6) is 0 Å². The van der Waals surface area contributed by atoms with E-state index < -0.39 is 0 Å². The van der Waals surface area contributed by atoms with E-state index in [1.165, 1.54) is 16.3 Å². The fourth-order valence-electron chi connectivity index (χ4n) is 3.00. The van der Waals surface area contributed by atoms with Gasteiger partial charge >= 0.3 is 0 Å². The molecular weight excluding hydrogens is 374 g/mol. The zero-order valence-electron chi connectivity index (χ0n) is 15.9. The minimum Gasteiger partial charge on any atom is -0.396 e. The molecule has 0 spiro atoms. The number of rotatable bonds is 7. The Bertz CT molecular complexity index is 1040. The van der Waals surface area contributed by atoms with Gasteiger partial charge in [0.15, 0.2) is 5.16 Å². The number of para-hydroxylation sites is 2. The maximum absolute atomic E-state index is 12.8. The number of carbonyl (C=O) groups is 1. The third kappa shape index (κ3) is 4.43. The van der Waals surface area contributed by atoms with Crippen molar-refractivity contribution in [1.29, 1.82) is 0 Å². The quantitative estimate of drug-likeness (QED) is 0.473. The van der Waals surface area contributed by atoms with Crippen LogP contribution in [0.2, 0.25) is 0 Å². The third-order valence-corrected chi connectivity index (χ3v) is 5.42. The Kier molecular flexibility index (Phi) is 6.49.